The first-order valence-electron chi connectivity index (χ1n) is 5.82. The summed E-state index contributed by atoms with van der Waals surface area (Å²) < 4.78 is 5.94. The van der Waals surface area contributed by atoms with Crippen LogP contribution in [0.15, 0.2) is 0 Å². The highest BCUT2D eigenvalue weighted by molar-refractivity contribution is 4.91. The van der Waals surface area contributed by atoms with Gasteiger partial charge in [0.25, 0.3) is 0 Å². The zero-order valence-electron chi connectivity index (χ0n) is 10.2. The zero-order chi connectivity index (χ0) is 10.7. The lowest BCUT2D eigenvalue weighted by molar-refractivity contribution is -0.0802. The molecule has 0 radical (unpaired) electrons. The molecule has 1 aliphatic carbocycles. The third-order valence-corrected chi connectivity index (χ3v) is 3.46. The maximum absolute atomic E-state index is 5.94. The molecule has 0 aliphatic heterocycles. The van der Waals surface area contributed by atoms with Crippen LogP contribution in [0.3, 0.4) is 0 Å². The van der Waals surface area contributed by atoms with Gasteiger partial charge >= 0.3 is 0 Å². The van der Waals surface area contributed by atoms with Crippen molar-refractivity contribution in [2.45, 2.75) is 52.1 Å². The summed E-state index contributed by atoms with van der Waals surface area (Å²) in [5.41, 5.74) is 0.646. The standard InChI is InChI=1S/C12H25NO/c1-5-14-12(10-13-4)8-6-11(2,3)7-9-12/h13H,5-10H2,1-4H3. The van der Waals surface area contributed by atoms with E-state index in [4.69, 9.17) is 4.74 Å². The van der Waals surface area contributed by atoms with Crippen molar-refractivity contribution in [2.24, 2.45) is 5.41 Å². The van der Waals surface area contributed by atoms with Crippen LogP contribution in [0.1, 0.15) is 46.5 Å². The maximum atomic E-state index is 5.94. The molecule has 1 aliphatic rings. The number of likely N-dealkylation sites (N-methyl/N-ethyl adjacent to an activating group) is 1. The van der Waals surface area contributed by atoms with Gasteiger partial charge < -0.3 is 10.1 Å². The van der Waals surface area contributed by atoms with E-state index in [1.54, 1.807) is 0 Å². The molecule has 1 rings (SSSR count). The molecule has 0 spiro atoms. The first-order chi connectivity index (χ1) is 6.54. The Labute approximate surface area is 88.4 Å². The number of hydrogen-bond donors (Lipinski definition) is 1. The molecular formula is C12H25NO. The average molecular weight is 199 g/mol. The van der Waals surface area contributed by atoms with E-state index < -0.39 is 0 Å². The van der Waals surface area contributed by atoms with Gasteiger partial charge in [0.2, 0.25) is 0 Å². The molecule has 1 saturated carbocycles. The van der Waals surface area contributed by atoms with Crippen LogP contribution >= 0.6 is 0 Å². The van der Waals surface area contributed by atoms with Crippen molar-refractivity contribution in [2.75, 3.05) is 20.2 Å². The molecule has 84 valence electrons. The topological polar surface area (TPSA) is 21.3 Å². The van der Waals surface area contributed by atoms with Crippen LogP contribution < -0.4 is 5.32 Å². The number of ether oxygens (including phenoxy) is 1. The molecule has 1 N–H and O–H groups in total. The number of nitrogens with one attached hydrogen (secondary N) is 1. The lowest BCUT2D eigenvalue weighted by Crippen LogP contribution is -2.46. The quantitative estimate of drug-likeness (QED) is 0.751. The van der Waals surface area contributed by atoms with Crippen molar-refractivity contribution in [3.8, 4) is 0 Å². The van der Waals surface area contributed by atoms with Gasteiger partial charge in [0.15, 0.2) is 0 Å². The Balaban J connectivity index is 2.54. The van der Waals surface area contributed by atoms with E-state index in [9.17, 15) is 0 Å². The Morgan fingerprint density at radius 3 is 2.14 bits per heavy atom. The molecule has 0 saturated heterocycles. The normalized spacial score (nSPS) is 24.9. The largest absolute Gasteiger partial charge is 0.374 e. The third-order valence-electron chi connectivity index (χ3n) is 3.46. The number of hydrogen-bond acceptors (Lipinski definition) is 2. The van der Waals surface area contributed by atoms with Gasteiger partial charge in [-0.3, -0.25) is 0 Å². The summed E-state index contributed by atoms with van der Waals surface area (Å²) in [6, 6.07) is 0. The van der Waals surface area contributed by atoms with Crippen LogP contribution in [0, 0.1) is 5.41 Å². The Morgan fingerprint density at radius 1 is 1.14 bits per heavy atom. The molecule has 0 bridgehead atoms. The predicted molar refractivity (Wildman–Crippen MR) is 60.5 cm³/mol. The summed E-state index contributed by atoms with van der Waals surface area (Å²) in [6.45, 7) is 8.65. The van der Waals surface area contributed by atoms with Gasteiger partial charge in [0.1, 0.15) is 0 Å². The second-order valence-corrected chi connectivity index (χ2v) is 5.31. The first-order valence-corrected chi connectivity index (χ1v) is 5.82. The fraction of sp³-hybridized carbons (Fsp3) is 1.00. The molecule has 2 nitrogen and oxygen atoms in total. The minimum absolute atomic E-state index is 0.124. The van der Waals surface area contributed by atoms with Gasteiger partial charge in [-0.05, 0) is 45.1 Å². The fourth-order valence-corrected chi connectivity index (χ4v) is 2.38. The highest BCUT2D eigenvalue weighted by atomic mass is 16.5. The van der Waals surface area contributed by atoms with Crippen molar-refractivity contribution in [3.05, 3.63) is 0 Å². The van der Waals surface area contributed by atoms with Crippen LogP contribution in [0.5, 0.6) is 0 Å². The van der Waals surface area contributed by atoms with Gasteiger partial charge in [-0.2, -0.15) is 0 Å². The zero-order valence-corrected chi connectivity index (χ0v) is 10.2. The van der Waals surface area contributed by atoms with E-state index in [-0.39, 0.29) is 5.60 Å². The Kier molecular flexibility index (Phi) is 3.96. The summed E-state index contributed by atoms with van der Waals surface area (Å²) in [6.07, 6.45) is 4.98. The molecule has 0 unspecified atom stereocenters. The van der Waals surface area contributed by atoms with E-state index in [0.29, 0.717) is 5.41 Å². The molecule has 0 aromatic heterocycles. The van der Waals surface area contributed by atoms with Crippen molar-refractivity contribution >= 4 is 0 Å². The fourth-order valence-electron chi connectivity index (χ4n) is 2.38. The van der Waals surface area contributed by atoms with E-state index in [2.05, 4.69) is 26.1 Å². The van der Waals surface area contributed by atoms with E-state index in [1.165, 1.54) is 25.7 Å². The van der Waals surface area contributed by atoms with Crippen molar-refractivity contribution in [3.63, 3.8) is 0 Å². The number of rotatable bonds is 4. The van der Waals surface area contributed by atoms with Gasteiger partial charge in [-0.1, -0.05) is 13.8 Å². The molecule has 0 aromatic carbocycles. The SMILES string of the molecule is CCOC1(CNC)CCC(C)(C)CC1. The highest BCUT2D eigenvalue weighted by Gasteiger charge is 2.38. The Bertz CT molecular complexity index is 159. The second kappa shape index (κ2) is 4.63. The monoisotopic (exact) mass is 199 g/mol. The van der Waals surface area contributed by atoms with Crippen LogP contribution in [-0.2, 0) is 4.74 Å². The summed E-state index contributed by atoms with van der Waals surface area (Å²) in [4.78, 5) is 0. The molecule has 2 heteroatoms. The Hall–Kier alpha value is -0.0800. The molecule has 1 fully saturated rings. The van der Waals surface area contributed by atoms with Gasteiger partial charge in [-0.15, -0.1) is 0 Å². The predicted octanol–water partition coefficient (Wildman–Crippen LogP) is 2.58. The summed E-state index contributed by atoms with van der Waals surface area (Å²) in [5, 5.41) is 3.27. The van der Waals surface area contributed by atoms with Crippen molar-refractivity contribution < 1.29 is 4.74 Å². The summed E-state index contributed by atoms with van der Waals surface area (Å²) in [5.74, 6) is 0. The maximum Gasteiger partial charge on any atom is 0.0806 e. The third kappa shape index (κ3) is 2.96. The first kappa shape index (κ1) is 12.0. The lowest BCUT2D eigenvalue weighted by Gasteiger charge is -2.43. The Morgan fingerprint density at radius 2 is 1.71 bits per heavy atom. The van der Waals surface area contributed by atoms with Gasteiger partial charge in [0, 0.05) is 13.2 Å². The molecule has 14 heavy (non-hydrogen) atoms. The minimum Gasteiger partial charge on any atom is -0.374 e. The van der Waals surface area contributed by atoms with Crippen LogP contribution in [0.4, 0.5) is 0 Å². The van der Waals surface area contributed by atoms with Crippen molar-refractivity contribution in [1.29, 1.82) is 0 Å². The molecule has 0 amide bonds. The lowest BCUT2D eigenvalue weighted by atomic mass is 9.71. The minimum atomic E-state index is 0.124. The smallest absolute Gasteiger partial charge is 0.0806 e. The average Bonchev–Trinajstić information content (AvgIpc) is 2.12. The van der Waals surface area contributed by atoms with E-state index in [0.717, 1.165) is 13.2 Å². The van der Waals surface area contributed by atoms with Crippen molar-refractivity contribution in [1.82, 2.24) is 5.32 Å². The van der Waals surface area contributed by atoms with Crippen LogP contribution in [0.25, 0.3) is 0 Å². The molecule has 0 heterocycles. The van der Waals surface area contributed by atoms with E-state index >= 15 is 0 Å². The highest BCUT2D eigenvalue weighted by Crippen LogP contribution is 2.41. The van der Waals surface area contributed by atoms with Crippen LogP contribution in [-0.4, -0.2) is 25.8 Å². The molecular weight excluding hydrogens is 174 g/mol. The molecule has 0 atom stereocenters. The summed E-state index contributed by atoms with van der Waals surface area (Å²) >= 11 is 0. The van der Waals surface area contributed by atoms with Gasteiger partial charge in [0.05, 0.1) is 5.60 Å². The molecule has 0 aromatic rings. The van der Waals surface area contributed by atoms with Gasteiger partial charge in [-0.25, -0.2) is 0 Å². The summed E-state index contributed by atoms with van der Waals surface area (Å²) in [7, 11) is 2.01. The van der Waals surface area contributed by atoms with Crippen LogP contribution in [0.2, 0.25) is 0 Å². The second-order valence-electron chi connectivity index (χ2n) is 5.31. The van der Waals surface area contributed by atoms with E-state index in [1.807, 2.05) is 7.05 Å².